The van der Waals surface area contributed by atoms with Crippen molar-refractivity contribution in [2.45, 2.75) is 0 Å². The fourth-order valence-electron chi connectivity index (χ4n) is 4.17. The first-order valence-electron chi connectivity index (χ1n) is 12.5. The molecule has 0 aliphatic carbocycles. The van der Waals surface area contributed by atoms with Crippen LogP contribution in [0, 0.1) is 0 Å². The van der Waals surface area contributed by atoms with Crippen molar-refractivity contribution in [2.75, 3.05) is 0 Å². The molecule has 0 saturated heterocycles. The van der Waals surface area contributed by atoms with Crippen LogP contribution < -0.4 is 10.2 Å². The Labute approximate surface area is 250 Å². The average Bonchev–Trinajstić information content (AvgIpc) is 2.98. The fourth-order valence-corrected chi connectivity index (χ4v) is 4.17. The van der Waals surface area contributed by atoms with Gasteiger partial charge in [-0.3, -0.25) is 9.98 Å². The average molecular weight is 631 g/mol. The Balaban J connectivity index is 0.000000184. The van der Waals surface area contributed by atoms with Crippen LogP contribution >= 0.6 is 0 Å². The molecular weight excluding hydrogens is 607 g/mol. The topological polar surface area (TPSA) is 111 Å². The molecule has 6 nitrogen and oxygen atoms in total. The third-order valence-corrected chi connectivity index (χ3v) is 6.25. The van der Waals surface area contributed by atoms with Gasteiger partial charge in [0.25, 0.3) is 0 Å². The zero-order chi connectivity index (χ0) is 27.9. The second-order valence-electron chi connectivity index (χ2n) is 8.95. The van der Waals surface area contributed by atoms with Gasteiger partial charge in [0.15, 0.2) is 0 Å². The van der Waals surface area contributed by atoms with E-state index < -0.39 is 0 Å². The smallest absolute Gasteiger partial charge is 0.872 e. The van der Waals surface area contributed by atoms with E-state index in [4.69, 9.17) is 0 Å². The summed E-state index contributed by atoms with van der Waals surface area (Å²) in [5.74, 6) is 0.287. The third-order valence-electron chi connectivity index (χ3n) is 6.25. The number of hydrogen-bond acceptors (Lipinski definition) is 6. The normalized spacial score (nSPS) is 10.9. The maximum Gasteiger partial charge on any atom is 2.00 e. The van der Waals surface area contributed by atoms with Gasteiger partial charge in [-0.2, -0.15) is 0 Å². The molecule has 0 saturated carbocycles. The van der Waals surface area contributed by atoms with Gasteiger partial charge in [-0.1, -0.05) is 84.3 Å². The van der Waals surface area contributed by atoms with E-state index in [9.17, 15) is 20.4 Å². The van der Waals surface area contributed by atoms with Gasteiger partial charge in [0.2, 0.25) is 0 Å². The molecule has 0 amide bonds. The molecule has 0 fully saturated rings. The molecule has 6 rings (SSSR count). The molecule has 0 radical (unpaired) electrons. The third kappa shape index (κ3) is 7.17. The summed E-state index contributed by atoms with van der Waals surface area (Å²) in [6.45, 7) is 0. The first kappa shape index (κ1) is 29.0. The maximum absolute atomic E-state index is 12.0. The van der Waals surface area contributed by atoms with Crippen molar-refractivity contribution in [3.05, 3.63) is 132 Å². The monoisotopic (exact) mass is 630 g/mol. The van der Waals surface area contributed by atoms with Crippen LogP contribution in [0.15, 0.2) is 131 Å². The van der Waals surface area contributed by atoms with E-state index in [1.807, 2.05) is 60.7 Å². The van der Waals surface area contributed by atoms with Crippen LogP contribution in [0.1, 0.15) is 11.1 Å². The van der Waals surface area contributed by atoms with E-state index in [0.717, 1.165) is 21.5 Å². The number of phenolic OH excluding ortho intramolecular Hbond substituents is 2. The van der Waals surface area contributed by atoms with Gasteiger partial charge in [-0.15, -0.1) is 0 Å². The number of hydrogen-bond donors (Lipinski definition) is 2. The van der Waals surface area contributed by atoms with Crippen molar-refractivity contribution in [1.29, 1.82) is 0 Å². The number of aromatic hydroxyl groups is 2. The molecule has 0 aliphatic heterocycles. The summed E-state index contributed by atoms with van der Waals surface area (Å²) in [4.78, 5) is 8.58. The second-order valence-corrected chi connectivity index (χ2v) is 8.95. The minimum absolute atomic E-state index is 0. The van der Waals surface area contributed by atoms with Gasteiger partial charge in [-0.25, -0.2) is 0 Å². The molecule has 0 unspecified atom stereocenters. The number of rotatable bonds is 4. The first-order valence-corrected chi connectivity index (χ1v) is 12.5. The first-order chi connectivity index (χ1) is 19.5. The predicted molar refractivity (Wildman–Crippen MR) is 158 cm³/mol. The standard InChI is InChI=1S/2C17H13NO2.Pd/c2*19-14-8-6-13(7-9-14)18-11-16-15-4-2-1-3-12(15)5-10-17(16)20;/h2*1-11,19-20H;/q;;+2/p-2. The number of fused-ring (bicyclic) bond motifs is 2. The Morgan fingerprint density at radius 1 is 0.463 bits per heavy atom. The van der Waals surface area contributed by atoms with E-state index in [1.54, 1.807) is 73.1 Å². The minimum atomic E-state index is -0.0498. The van der Waals surface area contributed by atoms with Crippen molar-refractivity contribution < 1.29 is 40.8 Å². The van der Waals surface area contributed by atoms with Gasteiger partial charge >= 0.3 is 20.4 Å². The molecule has 6 aromatic rings. The SMILES string of the molecule is [O-]c1ccc2ccccc2c1C=Nc1ccc(O)cc1.[O-]c1ccc2ccccc2c1C=Nc1ccc(O)cc1.[Pd+2]. The van der Waals surface area contributed by atoms with Gasteiger partial charge in [0, 0.05) is 12.4 Å². The van der Waals surface area contributed by atoms with Crippen LogP contribution in [0.3, 0.4) is 0 Å². The largest absolute Gasteiger partial charge is 2.00 e. The number of benzene rings is 6. The summed E-state index contributed by atoms with van der Waals surface area (Å²) < 4.78 is 0. The molecule has 204 valence electrons. The van der Waals surface area contributed by atoms with Gasteiger partial charge in [-0.05, 0) is 81.2 Å². The zero-order valence-corrected chi connectivity index (χ0v) is 23.2. The summed E-state index contributed by atoms with van der Waals surface area (Å²) in [7, 11) is 0. The van der Waals surface area contributed by atoms with E-state index in [1.165, 1.54) is 0 Å². The second kappa shape index (κ2) is 13.4. The molecule has 0 bridgehead atoms. The molecule has 0 spiro atoms. The molecule has 2 N–H and O–H groups in total. The van der Waals surface area contributed by atoms with E-state index in [0.29, 0.717) is 22.5 Å². The Morgan fingerprint density at radius 2 is 0.829 bits per heavy atom. The van der Waals surface area contributed by atoms with Crippen molar-refractivity contribution in [1.82, 2.24) is 0 Å². The number of nitrogens with zero attached hydrogens (tertiary/aromatic N) is 2. The van der Waals surface area contributed by atoms with Crippen molar-refractivity contribution in [2.24, 2.45) is 9.98 Å². The maximum atomic E-state index is 12.0. The molecular formula is C34H24N2O4Pd. The Bertz CT molecular complexity index is 1700. The minimum Gasteiger partial charge on any atom is -0.872 e. The van der Waals surface area contributed by atoms with Crippen molar-refractivity contribution in [3.63, 3.8) is 0 Å². The Kier molecular flexibility index (Phi) is 9.49. The summed E-state index contributed by atoms with van der Waals surface area (Å²) in [5.41, 5.74) is 2.54. The summed E-state index contributed by atoms with van der Waals surface area (Å²) >= 11 is 0. The van der Waals surface area contributed by atoms with Gasteiger partial charge < -0.3 is 20.4 Å². The van der Waals surface area contributed by atoms with E-state index >= 15 is 0 Å². The van der Waals surface area contributed by atoms with E-state index in [-0.39, 0.29) is 43.4 Å². The number of phenols is 2. The van der Waals surface area contributed by atoms with Crippen LogP contribution in [0.2, 0.25) is 0 Å². The van der Waals surface area contributed by atoms with Crippen LogP contribution in [0.5, 0.6) is 23.0 Å². The van der Waals surface area contributed by atoms with Crippen LogP contribution in [0.25, 0.3) is 21.5 Å². The summed E-state index contributed by atoms with van der Waals surface area (Å²) in [6.07, 6.45) is 3.16. The Morgan fingerprint density at radius 3 is 1.22 bits per heavy atom. The molecule has 7 heteroatoms. The van der Waals surface area contributed by atoms with Crippen LogP contribution in [-0.4, -0.2) is 22.6 Å². The van der Waals surface area contributed by atoms with Crippen LogP contribution in [0.4, 0.5) is 11.4 Å². The summed E-state index contributed by atoms with van der Waals surface area (Å²) in [5, 5.41) is 46.2. The zero-order valence-electron chi connectivity index (χ0n) is 21.6. The molecule has 41 heavy (non-hydrogen) atoms. The van der Waals surface area contributed by atoms with Crippen molar-refractivity contribution >= 4 is 45.3 Å². The van der Waals surface area contributed by atoms with Crippen LogP contribution in [-0.2, 0) is 20.4 Å². The quantitative estimate of drug-likeness (QED) is 0.166. The van der Waals surface area contributed by atoms with E-state index in [2.05, 4.69) is 9.98 Å². The fraction of sp³-hybridized carbons (Fsp3) is 0. The van der Waals surface area contributed by atoms with Crippen molar-refractivity contribution in [3.8, 4) is 23.0 Å². The van der Waals surface area contributed by atoms with Gasteiger partial charge in [0.1, 0.15) is 11.5 Å². The number of aliphatic imine (C=N–C) groups is 2. The molecule has 0 aromatic heterocycles. The predicted octanol–water partition coefficient (Wildman–Crippen LogP) is 6.74. The summed E-state index contributed by atoms with van der Waals surface area (Å²) in [6, 6.07) is 35.2. The van der Waals surface area contributed by atoms with Gasteiger partial charge in [0.05, 0.1) is 11.4 Å². The molecule has 0 heterocycles. The molecule has 0 atom stereocenters. The molecule has 0 aliphatic rings. The Hall–Kier alpha value is -4.96. The molecule has 6 aromatic carbocycles.